The maximum atomic E-state index is 11.3. The molecule has 20 heavy (non-hydrogen) atoms. The van der Waals surface area contributed by atoms with Gasteiger partial charge in [0.25, 0.3) is 0 Å². The number of hydrogen-bond donors (Lipinski definition) is 2. The first kappa shape index (κ1) is 13.9. The van der Waals surface area contributed by atoms with Crippen molar-refractivity contribution in [2.24, 2.45) is 5.73 Å². The number of rotatable bonds is 4. The molecule has 0 amide bonds. The van der Waals surface area contributed by atoms with Gasteiger partial charge >= 0.3 is 0 Å². The largest absolute Gasteiger partial charge is 0.438 e. The molecule has 0 saturated heterocycles. The molecule has 0 fully saturated rings. The fourth-order valence-electron chi connectivity index (χ4n) is 1.38. The zero-order valence-electron chi connectivity index (χ0n) is 10.6. The third-order valence-electron chi connectivity index (χ3n) is 2.38. The Morgan fingerprint density at radius 3 is 2.30 bits per heavy atom. The molecule has 0 bridgehead atoms. The van der Waals surface area contributed by atoms with Crippen LogP contribution in [0.4, 0.5) is 0 Å². The van der Waals surface area contributed by atoms with Gasteiger partial charge < -0.3 is 10.5 Å². The smallest absolute Gasteiger partial charge is 0.237 e. The molecular formula is C12H12N4O3S. The standard InChI is InChI=1S/C12H12N4O3S/c1-20(17,18)9-4-2-8(3-5-9)19-11-7-15-10(6-16-11)12(13)14/h2-7H,1H3,(H3,13,14). The van der Waals surface area contributed by atoms with E-state index >= 15 is 0 Å². The highest BCUT2D eigenvalue weighted by Gasteiger charge is 2.07. The molecule has 0 saturated carbocycles. The minimum atomic E-state index is -3.23. The maximum Gasteiger partial charge on any atom is 0.237 e. The van der Waals surface area contributed by atoms with E-state index in [-0.39, 0.29) is 22.3 Å². The average Bonchev–Trinajstić information content (AvgIpc) is 2.39. The first-order chi connectivity index (χ1) is 9.36. The third-order valence-corrected chi connectivity index (χ3v) is 3.51. The molecule has 1 aromatic heterocycles. The van der Waals surface area contributed by atoms with Gasteiger partial charge in [-0.15, -0.1) is 0 Å². The van der Waals surface area contributed by atoms with Gasteiger partial charge in [-0.1, -0.05) is 0 Å². The number of aromatic nitrogens is 2. The fraction of sp³-hybridized carbons (Fsp3) is 0.0833. The summed E-state index contributed by atoms with van der Waals surface area (Å²) in [4.78, 5) is 8.05. The summed E-state index contributed by atoms with van der Waals surface area (Å²) in [6.45, 7) is 0. The summed E-state index contributed by atoms with van der Waals surface area (Å²) in [6.07, 6.45) is 3.79. The SMILES string of the molecule is CS(=O)(=O)c1ccc(Oc2cnc(C(=N)N)cn2)cc1. The molecule has 7 nitrogen and oxygen atoms in total. The number of sulfone groups is 1. The molecular weight excluding hydrogens is 280 g/mol. The molecule has 0 aliphatic heterocycles. The van der Waals surface area contributed by atoms with E-state index < -0.39 is 9.84 Å². The summed E-state index contributed by atoms with van der Waals surface area (Å²) < 4.78 is 28.0. The van der Waals surface area contributed by atoms with Crippen molar-refractivity contribution in [2.45, 2.75) is 4.90 Å². The van der Waals surface area contributed by atoms with Gasteiger partial charge in [0.1, 0.15) is 17.3 Å². The fourth-order valence-corrected chi connectivity index (χ4v) is 2.01. The topological polar surface area (TPSA) is 119 Å². The van der Waals surface area contributed by atoms with Crippen LogP contribution in [-0.2, 0) is 9.84 Å². The monoisotopic (exact) mass is 292 g/mol. The number of ether oxygens (including phenoxy) is 1. The van der Waals surface area contributed by atoms with E-state index in [9.17, 15) is 8.42 Å². The summed E-state index contributed by atoms with van der Waals surface area (Å²) in [5.41, 5.74) is 5.51. The lowest BCUT2D eigenvalue weighted by molar-refractivity contribution is 0.459. The van der Waals surface area contributed by atoms with E-state index in [1.54, 1.807) is 0 Å². The molecule has 0 atom stereocenters. The first-order valence-electron chi connectivity index (χ1n) is 5.50. The maximum absolute atomic E-state index is 11.3. The second-order valence-electron chi connectivity index (χ2n) is 4.00. The molecule has 2 aromatic rings. The quantitative estimate of drug-likeness (QED) is 0.639. The highest BCUT2D eigenvalue weighted by molar-refractivity contribution is 7.90. The Bertz CT molecular complexity index is 724. The Kier molecular flexibility index (Phi) is 3.66. The summed E-state index contributed by atoms with van der Waals surface area (Å²) in [6, 6.07) is 5.94. The van der Waals surface area contributed by atoms with Crippen LogP contribution in [0, 0.1) is 5.41 Å². The van der Waals surface area contributed by atoms with Crippen LogP contribution in [0.25, 0.3) is 0 Å². The molecule has 1 aromatic carbocycles. The number of amidine groups is 1. The van der Waals surface area contributed by atoms with Gasteiger partial charge in [-0.25, -0.2) is 18.4 Å². The Hall–Kier alpha value is -2.48. The lowest BCUT2D eigenvalue weighted by atomic mass is 10.3. The molecule has 8 heteroatoms. The van der Waals surface area contributed by atoms with E-state index in [2.05, 4.69) is 9.97 Å². The number of nitrogens with one attached hydrogen (secondary N) is 1. The molecule has 0 radical (unpaired) electrons. The van der Waals surface area contributed by atoms with E-state index in [1.165, 1.54) is 36.7 Å². The number of nitrogens with two attached hydrogens (primary N) is 1. The molecule has 0 unspecified atom stereocenters. The lowest BCUT2D eigenvalue weighted by Crippen LogP contribution is -2.13. The van der Waals surface area contributed by atoms with Crippen LogP contribution < -0.4 is 10.5 Å². The van der Waals surface area contributed by atoms with Gasteiger partial charge in [0.2, 0.25) is 5.88 Å². The Morgan fingerprint density at radius 2 is 1.85 bits per heavy atom. The summed E-state index contributed by atoms with van der Waals surface area (Å²) in [5, 5.41) is 7.19. The van der Waals surface area contributed by atoms with E-state index in [0.29, 0.717) is 5.75 Å². The second kappa shape index (κ2) is 5.25. The zero-order valence-corrected chi connectivity index (χ0v) is 11.4. The van der Waals surface area contributed by atoms with Gasteiger partial charge in [0.15, 0.2) is 9.84 Å². The van der Waals surface area contributed by atoms with Crippen molar-refractivity contribution in [1.29, 1.82) is 5.41 Å². The van der Waals surface area contributed by atoms with Gasteiger partial charge in [-0.2, -0.15) is 0 Å². The Labute approximate surface area is 115 Å². The van der Waals surface area contributed by atoms with Crippen molar-refractivity contribution in [3.05, 3.63) is 42.4 Å². The molecule has 3 N–H and O–H groups in total. The lowest BCUT2D eigenvalue weighted by Gasteiger charge is -2.05. The predicted molar refractivity (Wildman–Crippen MR) is 72.7 cm³/mol. The highest BCUT2D eigenvalue weighted by Crippen LogP contribution is 2.20. The minimum Gasteiger partial charge on any atom is -0.438 e. The molecule has 0 aliphatic rings. The van der Waals surface area contributed by atoms with Crippen molar-refractivity contribution in [3.63, 3.8) is 0 Å². The predicted octanol–water partition coefficient (Wildman–Crippen LogP) is 0.956. The number of nitrogen functional groups attached to an aromatic ring is 1. The highest BCUT2D eigenvalue weighted by atomic mass is 32.2. The molecule has 104 valence electrons. The average molecular weight is 292 g/mol. The van der Waals surface area contributed by atoms with Crippen LogP contribution in [0.15, 0.2) is 41.6 Å². The Morgan fingerprint density at radius 1 is 1.20 bits per heavy atom. The normalized spacial score (nSPS) is 11.1. The minimum absolute atomic E-state index is 0.179. The van der Waals surface area contributed by atoms with Gasteiger partial charge in [0, 0.05) is 6.26 Å². The van der Waals surface area contributed by atoms with Crippen LogP contribution >= 0.6 is 0 Å². The van der Waals surface area contributed by atoms with E-state index in [0.717, 1.165) is 6.26 Å². The van der Waals surface area contributed by atoms with Crippen molar-refractivity contribution < 1.29 is 13.2 Å². The van der Waals surface area contributed by atoms with E-state index in [1.807, 2.05) is 0 Å². The second-order valence-corrected chi connectivity index (χ2v) is 6.01. The first-order valence-corrected chi connectivity index (χ1v) is 7.40. The zero-order chi connectivity index (χ0) is 14.8. The van der Waals surface area contributed by atoms with Crippen molar-refractivity contribution in [1.82, 2.24) is 9.97 Å². The van der Waals surface area contributed by atoms with Gasteiger partial charge in [-0.05, 0) is 24.3 Å². The van der Waals surface area contributed by atoms with Crippen LogP contribution in [-0.4, -0.2) is 30.5 Å². The number of benzene rings is 1. The van der Waals surface area contributed by atoms with Crippen LogP contribution in [0.1, 0.15) is 5.69 Å². The van der Waals surface area contributed by atoms with Crippen LogP contribution in [0.3, 0.4) is 0 Å². The van der Waals surface area contributed by atoms with Gasteiger partial charge in [-0.3, -0.25) is 5.41 Å². The Balaban J connectivity index is 2.16. The number of nitrogens with zero attached hydrogens (tertiary/aromatic N) is 2. The van der Waals surface area contributed by atoms with Crippen LogP contribution in [0.5, 0.6) is 11.6 Å². The van der Waals surface area contributed by atoms with Crippen molar-refractivity contribution >= 4 is 15.7 Å². The molecule has 2 rings (SSSR count). The summed E-state index contributed by atoms with van der Waals surface area (Å²) in [5.74, 6) is 0.478. The summed E-state index contributed by atoms with van der Waals surface area (Å²) in [7, 11) is -3.23. The molecule has 0 spiro atoms. The van der Waals surface area contributed by atoms with Crippen molar-refractivity contribution in [2.75, 3.05) is 6.26 Å². The van der Waals surface area contributed by atoms with Crippen molar-refractivity contribution in [3.8, 4) is 11.6 Å². The van der Waals surface area contributed by atoms with Gasteiger partial charge in [0.05, 0.1) is 17.3 Å². The number of hydrogen-bond acceptors (Lipinski definition) is 6. The van der Waals surface area contributed by atoms with E-state index in [4.69, 9.17) is 15.9 Å². The molecule has 1 heterocycles. The summed E-state index contributed by atoms with van der Waals surface area (Å²) >= 11 is 0. The third kappa shape index (κ3) is 3.29. The molecule has 0 aliphatic carbocycles. The van der Waals surface area contributed by atoms with Crippen LogP contribution in [0.2, 0.25) is 0 Å².